The summed E-state index contributed by atoms with van der Waals surface area (Å²) >= 11 is 3.73. The molecule has 0 radical (unpaired) electrons. The molecule has 0 N–H and O–H groups in total. The summed E-state index contributed by atoms with van der Waals surface area (Å²) in [6.45, 7) is 0. The van der Waals surface area contributed by atoms with Crippen molar-refractivity contribution >= 4 is 63.3 Å². The standard InChI is InChI=1S/C31H18N4S2/c1-2-8-19(9-3-1)23-18-24(20-14-16-32-17-15-20)34-31(33-23)35-25-12-6-4-10-21(25)29-28(35)27-22-11-5-7-13-26(22)36-30(27)37-29/h1-18H. The zero-order valence-electron chi connectivity index (χ0n) is 19.5. The topological polar surface area (TPSA) is 43.6 Å². The minimum absolute atomic E-state index is 0.675. The van der Waals surface area contributed by atoms with E-state index in [0.717, 1.165) is 28.0 Å². The normalized spacial score (nSPS) is 11.8. The van der Waals surface area contributed by atoms with Gasteiger partial charge < -0.3 is 0 Å². The number of thiophene rings is 2. The van der Waals surface area contributed by atoms with E-state index in [1.54, 1.807) is 0 Å². The van der Waals surface area contributed by atoms with E-state index in [0.29, 0.717) is 5.95 Å². The van der Waals surface area contributed by atoms with Crippen LogP contribution in [0.25, 0.3) is 69.1 Å². The Morgan fingerprint density at radius 3 is 2.11 bits per heavy atom. The molecule has 8 aromatic rings. The maximum Gasteiger partial charge on any atom is 0.235 e. The van der Waals surface area contributed by atoms with Gasteiger partial charge >= 0.3 is 0 Å². The lowest BCUT2D eigenvalue weighted by Crippen LogP contribution is -2.03. The smallest absolute Gasteiger partial charge is 0.235 e. The van der Waals surface area contributed by atoms with E-state index < -0.39 is 0 Å². The summed E-state index contributed by atoms with van der Waals surface area (Å²) in [6.07, 6.45) is 3.62. The molecule has 37 heavy (non-hydrogen) atoms. The third-order valence-electron chi connectivity index (χ3n) is 6.78. The molecule has 4 nitrogen and oxygen atoms in total. The molecular weight excluding hydrogens is 493 g/mol. The summed E-state index contributed by atoms with van der Waals surface area (Å²) in [5.74, 6) is 0.675. The second kappa shape index (κ2) is 8.06. The molecule has 0 atom stereocenters. The van der Waals surface area contributed by atoms with Crippen LogP contribution in [0.2, 0.25) is 0 Å². The predicted molar refractivity (Wildman–Crippen MR) is 156 cm³/mol. The first-order chi connectivity index (χ1) is 18.3. The number of hydrogen-bond acceptors (Lipinski definition) is 5. The molecule has 0 unspecified atom stereocenters. The SMILES string of the molecule is c1ccc(-c2cc(-c3ccncc3)nc(-n3c4ccccc4c4sc5sc6ccccc6c5c43)n2)cc1. The van der Waals surface area contributed by atoms with Gasteiger partial charge in [-0.3, -0.25) is 9.55 Å². The molecule has 0 fully saturated rings. The van der Waals surface area contributed by atoms with Gasteiger partial charge in [-0.25, -0.2) is 9.97 Å². The lowest BCUT2D eigenvalue weighted by molar-refractivity contribution is 0.998. The first kappa shape index (κ1) is 20.8. The molecule has 0 aliphatic heterocycles. The van der Waals surface area contributed by atoms with E-state index in [4.69, 9.17) is 9.97 Å². The highest BCUT2D eigenvalue weighted by Crippen LogP contribution is 2.48. The molecule has 3 aromatic carbocycles. The molecular formula is C31H18N4S2. The summed E-state index contributed by atoms with van der Waals surface area (Å²) in [5, 5.41) is 3.80. The van der Waals surface area contributed by atoms with Crippen molar-refractivity contribution in [1.82, 2.24) is 19.5 Å². The van der Waals surface area contributed by atoms with Crippen LogP contribution < -0.4 is 0 Å². The van der Waals surface area contributed by atoms with Crippen molar-refractivity contribution in [1.29, 1.82) is 0 Å². The molecule has 0 bridgehead atoms. The number of aromatic nitrogens is 4. The average Bonchev–Trinajstić information content (AvgIpc) is 3.60. The van der Waals surface area contributed by atoms with E-state index in [9.17, 15) is 0 Å². The largest absolute Gasteiger partial charge is 0.276 e. The second-order valence-corrected chi connectivity index (χ2v) is 11.3. The Labute approximate surface area is 220 Å². The van der Waals surface area contributed by atoms with Crippen LogP contribution in [0, 0.1) is 0 Å². The lowest BCUT2D eigenvalue weighted by Gasteiger charge is -2.11. The summed E-state index contributed by atoms with van der Waals surface area (Å²) in [5.41, 5.74) is 6.14. The lowest BCUT2D eigenvalue weighted by atomic mass is 10.1. The van der Waals surface area contributed by atoms with E-state index in [2.05, 4.69) is 76.3 Å². The third kappa shape index (κ3) is 3.16. The molecule has 8 rings (SSSR count). The molecule has 0 saturated heterocycles. The number of hydrogen-bond donors (Lipinski definition) is 0. The van der Waals surface area contributed by atoms with Gasteiger partial charge in [0.25, 0.3) is 0 Å². The Bertz CT molecular complexity index is 2030. The fourth-order valence-corrected chi connectivity index (χ4v) is 7.81. The van der Waals surface area contributed by atoms with Crippen molar-refractivity contribution in [3.05, 3.63) is 109 Å². The highest BCUT2D eigenvalue weighted by atomic mass is 32.2. The van der Waals surface area contributed by atoms with Crippen molar-refractivity contribution in [3.63, 3.8) is 0 Å². The maximum absolute atomic E-state index is 5.17. The predicted octanol–water partition coefficient (Wildman–Crippen LogP) is 8.73. The summed E-state index contributed by atoms with van der Waals surface area (Å²) in [7, 11) is 0. The first-order valence-corrected chi connectivity index (χ1v) is 13.7. The van der Waals surface area contributed by atoms with Gasteiger partial charge in [0.05, 0.1) is 31.1 Å². The molecule has 6 heteroatoms. The van der Waals surface area contributed by atoms with Crippen molar-refractivity contribution in [2.45, 2.75) is 0 Å². The number of rotatable bonds is 3. The molecule has 0 amide bonds. The minimum Gasteiger partial charge on any atom is -0.276 e. The number of benzene rings is 3. The fraction of sp³-hybridized carbons (Fsp3) is 0. The molecule has 0 spiro atoms. The van der Waals surface area contributed by atoms with Crippen LogP contribution in [0.3, 0.4) is 0 Å². The van der Waals surface area contributed by atoms with Crippen LogP contribution in [-0.4, -0.2) is 19.5 Å². The molecule has 5 heterocycles. The van der Waals surface area contributed by atoms with Gasteiger partial charge in [-0.15, -0.1) is 22.7 Å². The van der Waals surface area contributed by atoms with Gasteiger partial charge in [-0.1, -0.05) is 66.7 Å². The quantitative estimate of drug-likeness (QED) is 0.239. The Hall–Kier alpha value is -4.39. The Kier molecular flexibility index (Phi) is 4.53. The Balaban J connectivity index is 1.52. The van der Waals surface area contributed by atoms with Gasteiger partial charge in [0.15, 0.2) is 0 Å². The number of para-hydroxylation sites is 1. The van der Waals surface area contributed by atoms with Crippen LogP contribution in [0.1, 0.15) is 0 Å². The molecule has 0 saturated carbocycles. The summed E-state index contributed by atoms with van der Waals surface area (Å²) in [4.78, 5) is 14.5. The number of fused-ring (bicyclic) bond motifs is 7. The molecule has 0 aliphatic carbocycles. The molecule has 174 valence electrons. The summed E-state index contributed by atoms with van der Waals surface area (Å²) in [6, 6.07) is 33.7. The average molecular weight is 511 g/mol. The number of nitrogens with zero attached hydrogens (tertiary/aromatic N) is 4. The third-order valence-corrected chi connectivity index (χ3v) is 9.26. The monoisotopic (exact) mass is 510 g/mol. The van der Waals surface area contributed by atoms with Crippen LogP contribution in [-0.2, 0) is 0 Å². The second-order valence-electron chi connectivity index (χ2n) is 8.93. The highest BCUT2D eigenvalue weighted by Gasteiger charge is 2.22. The molecule has 5 aromatic heterocycles. The van der Waals surface area contributed by atoms with Crippen molar-refractivity contribution in [2.24, 2.45) is 0 Å². The summed E-state index contributed by atoms with van der Waals surface area (Å²) < 4.78 is 6.18. The van der Waals surface area contributed by atoms with Gasteiger partial charge in [0.2, 0.25) is 5.95 Å². The Morgan fingerprint density at radius 1 is 0.622 bits per heavy atom. The van der Waals surface area contributed by atoms with Crippen LogP contribution in [0.15, 0.2) is 109 Å². The van der Waals surface area contributed by atoms with E-state index in [1.165, 1.54) is 35.1 Å². The zero-order valence-corrected chi connectivity index (χ0v) is 21.1. The van der Waals surface area contributed by atoms with E-state index >= 15 is 0 Å². The van der Waals surface area contributed by atoms with Gasteiger partial charge in [0, 0.05) is 44.4 Å². The molecule has 0 aliphatic rings. The van der Waals surface area contributed by atoms with E-state index in [1.807, 2.05) is 65.4 Å². The first-order valence-electron chi connectivity index (χ1n) is 12.0. The Morgan fingerprint density at radius 2 is 1.30 bits per heavy atom. The minimum atomic E-state index is 0.675. The van der Waals surface area contributed by atoms with Gasteiger partial charge in [0.1, 0.15) is 0 Å². The van der Waals surface area contributed by atoms with Crippen molar-refractivity contribution in [2.75, 3.05) is 0 Å². The number of pyridine rings is 1. The van der Waals surface area contributed by atoms with E-state index in [-0.39, 0.29) is 0 Å². The van der Waals surface area contributed by atoms with Crippen LogP contribution >= 0.6 is 22.7 Å². The van der Waals surface area contributed by atoms with Crippen LogP contribution in [0.4, 0.5) is 0 Å². The fourth-order valence-electron chi connectivity index (χ4n) is 5.12. The van der Waals surface area contributed by atoms with Gasteiger partial charge in [-0.05, 0) is 30.3 Å². The van der Waals surface area contributed by atoms with Gasteiger partial charge in [-0.2, -0.15) is 0 Å². The maximum atomic E-state index is 5.17. The van der Waals surface area contributed by atoms with Crippen molar-refractivity contribution in [3.8, 4) is 28.5 Å². The zero-order chi connectivity index (χ0) is 24.3. The highest BCUT2D eigenvalue weighted by molar-refractivity contribution is 7.45. The van der Waals surface area contributed by atoms with Crippen molar-refractivity contribution < 1.29 is 0 Å². The van der Waals surface area contributed by atoms with Crippen LogP contribution in [0.5, 0.6) is 0 Å².